The Bertz CT molecular complexity index is 1170. The smallest absolute Gasteiger partial charge is 0.312 e. The largest absolute Gasteiger partial charge is 0.465 e. The van der Waals surface area contributed by atoms with Gasteiger partial charge in [0.25, 0.3) is 0 Å². The van der Waals surface area contributed by atoms with Gasteiger partial charge in [-0.05, 0) is 52.4 Å². The summed E-state index contributed by atoms with van der Waals surface area (Å²) in [6.45, 7) is 4.19. The molecule has 0 heterocycles. The van der Waals surface area contributed by atoms with Gasteiger partial charge in [0.15, 0.2) is 0 Å². The number of carbonyl (C=O) groups is 1. The zero-order valence-corrected chi connectivity index (χ0v) is 18.1. The van der Waals surface area contributed by atoms with Gasteiger partial charge in [0, 0.05) is 6.42 Å². The summed E-state index contributed by atoms with van der Waals surface area (Å²) in [5, 5.41) is 24.0. The molecule has 3 aliphatic carbocycles. The summed E-state index contributed by atoms with van der Waals surface area (Å²) in [6, 6.07) is 21.9. The van der Waals surface area contributed by atoms with Crippen LogP contribution in [0.15, 0.2) is 72.8 Å². The highest BCUT2D eigenvalue weighted by atomic mass is 16.5. The minimum atomic E-state index is -1.59. The van der Waals surface area contributed by atoms with Crippen LogP contribution in [-0.2, 0) is 20.7 Å². The van der Waals surface area contributed by atoms with E-state index in [2.05, 4.69) is 0 Å². The van der Waals surface area contributed by atoms with Crippen molar-refractivity contribution in [1.29, 1.82) is 0 Å². The molecule has 5 heteroatoms. The molecule has 2 N–H and O–H groups in total. The topological polar surface area (TPSA) is 76.0 Å². The molecule has 6 rings (SSSR count). The number of rotatable bonds is 5. The van der Waals surface area contributed by atoms with E-state index in [1.807, 2.05) is 62.4 Å². The number of carbonyl (C=O) groups excluding carboxylic acids is 1. The number of fused-ring (bicyclic) bond motifs is 1. The summed E-state index contributed by atoms with van der Waals surface area (Å²) < 4.78 is 11.5. The predicted molar refractivity (Wildman–Crippen MR) is 119 cm³/mol. The Kier molecular flexibility index (Phi) is 4.84. The fourth-order valence-electron chi connectivity index (χ4n) is 4.99. The number of para-hydroxylation sites is 1. The normalized spacial score (nSPS) is 25.2. The lowest BCUT2D eigenvalue weighted by Gasteiger charge is -2.53. The predicted octanol–water partition coefficient (Wildman–Crippen LogP) is 4.48. The highest BCUT2D eigenvalue weighted by Crippen LogP contribution is 2.60. The van der Waals surface area contributed by atoms with Crippen LogP contribution >= 0.6 is 0 Å². The van der Waals surface area contributed by atoms with Crippen LogP contribution in [0.25, 0.3) is 0 Å². The molecule has 3 unspecified atom stereocenters. The third-order valence-electron chi connectivity index (χ3n) is 6.46. The van der Waals surface area contributed by atoms with Gasteiger partial charge in [-0.2, -0.15) is 0 Å². The quantitative estimate of drug-likeness (QED) is 0.584. The molecule has 5 nitrogen and oxygen atoms in total. The first-order valence-electron chi connectivity index (χ1n) is 10.9. The molecule has 0 radical (unpaired) electrons. The Labute approximate surface area is 187 Å². The van der Waals surface area contributed by atoms with Gasteiger partial charge in [-0.1, -0.05) is 62.4 Å². The van der Waals surface area contributed by atoms with E-state index in [1.165, 1.54) is 0 Å². The van der Waals surface area contributed by atoms with Crippen molar-refractivity contribution in [2.75, 3.05) is 6.61 Å². The molecule has 3 atom stereocenters. The molecular weight excluding hydrogens is 404 g/mol. The molecule has 0 saturated heterocycles. The van der Waals surface area contributed by atoms with E-state index in [0.717, 1.165) is 0 Å². The van der Waals surface area contributed by atoms with Gasteiger partial charge in [-0.15, -0.1) is 0 Å². The molecule has 0 spiro atoms. The average molecular weight is 431 g/mol. The summed E-state index contributed by atoms with van der Waals surface area (Å²) in [6.07, 6.45) is 0.0409. The molecule has 3 aromatic rings. The zero-order chi connectivity index (χ0) is 22.5. The first kappa shape index (κ1) is 20.7. The summed E-state index contributed by atoms with van der Waals surface area (Å²) in [4.78, 5) is 13.0. The van der Waals surface area contributed by atoms with Gasteiger partial charge < -0.3 is 19.7 Å². The highest BCUT2D eigenvalue weighted by Gasteiger charge is 2.62. The molecular formula is C27H26O5. The van der Waals surface area contributed by atoms with E-state index >= 15 is 0 Å². The van der Waals surface area contributed by atoms with Gasteiger partial charge in [0.2, 0.25) is 0 Å². The van der Waals surface area contributed by atoms with Crippen LogP contribution in [-0.4, -0.2) is 22.8 Å². The lowest BCUT2D eigenvalue weighted by Crippen LogP contribution is -2.57. The standard InChI is InChI=1S/C27H26O5/c1-17(2)16-31-25(28)24-15-26(29)20-10-6-7-11-21(20)27(24,30)22-13-12-19(14-23(22)26)32-18-8-4-3-5-9-18/h3-14,17,24,29-30H,15-16H2,1-2H3. The third-order valence-corrected chi connectivity index (χ3v) is 6.46. The van der Waals surface area contributed by atoms with Crippen molar-refractivity contribution in [3.63, 3.8) is 0 Å². The van der Waals surface area contributed by atoms with Gasteiger partial charge in [0.1, 0.15) is 22.7 Å². The fourth-order valence-corrected chi connectivity index (χ4v) is 4.99. The molecule has 0 aliphatic heterocycles. The van der Waals surface area contributed by atoms with Crippen LogP contribution in [0.2, 0.25) is 0 Å². The van der Waals surface area contributed by atoms with Gasteiger partial charge >= 0.3 is 5.97 Å². The minimum absolute atomic E-state index is 0.0409. The van der Waals surface area contributed by atoms with Crippen molar-refractivity contribution < 1.29 is 24.5 Å². The van der Waals surface area contributed by atoms with Crippen LogP contribution in [0.5, 0.6) is 11.5 Å². The third kappa shape index (κ3) is 3.04. The Morgan fingerprint density at radius 1 is 0.906 bits per heavy atom. The Balaban J connectivity index is 1.62. The molecule has 0 amide bonds. The van der Waals surface area contributed by atoms with Crippen LogP contribution in [0.3, 0.4) is 0 Å². The molecule has 0 saturated carbocycles. The van der Waals surface area contributed by atoms with Crippen LogP contribution in [0.4, 0.5) is 0 Å². The maximum Gasteiger partial charge on any atom is 0.312 e. The van der Waals surface area contributed by atoms with E-state index in [-0.39, 0.29) is 18.9 Å². The lowest BCUT2D eigenvalue weighted by molar-refractivity contribution is -0.168. The van der Waals surface area contributed by atoms with Gasteiger partial charge in [-0.3, -0.25) is 4.79 Å². The number of hydrogen-bond donors (Lipinski definition) is 2. The van der Waals surface area contributed by atoms with Crippen LogP contribution in [0, 0.1) is 11.8 Å². The molecule has 0 fully saturated rings. The Morgan fingerprint density at radius 3 is 2.28 bits per heavy atom. The molecule has 164 valence electrons. The molecule has 3 aliphatic rings. The number of hydrogen-bond acceptors (Lipinski definition) is 5. The van der Waals surface area contributed by atoms with Crippen LogP contribution in [0.1, 0.15) is 42.5 Å². The maximum atomic E-state index is 13.0. The van der Waals surface area contributed by atoms with E-state index in [1.54, 1.807) is 24.3 Å². The van der Waals surface area contributed by atoms with Crippen LogP contribution < -0.4 is 4.74 Å². The minimum Gasteiger partial charge on any atom is -0.465 e. The number of esters is 1. The second kappa shape index (κ2) is 7.47. The molecule has 0 aromatic heterocycles. The number of benzene rings is 3. The zero-order valence-electron chi connectivity index (χ0n) is 18.1. The van der Waals surface area contributed by atoms with Crippen molar-refractivity contribution in [2.45, 2.75) is 31.5 Å². The van der Waals surface area contributed by atoms with E-state index in [9.17, 15) is 15.0 Å². The monoisotopic (exact) mass is 430 g/mol. The summed E-state index contributed by atoms with van der Waals surface area (Å²) in [7, 11) is 0. The Hall–Kier alpha value is -3.15. The van der Waals surface area contributed by atoms with E-state index in [4.69, 9.17) is 9.47 Å². The number of aliphatic hydroxyl groups is 2. The van der Waals surface area contributed by atoms with E-state index < -0.39 is 23.1 Å². The van der Waals surface area contributed by atoms with Crippen molar-refractivity contribution in [3.05, 3.63) is 95.1 Å². The number of ether oxygens (including phenoxy) is 2. The van der Waals surface area contributed by atoms with Gasteiger partial charge in [0.05, 0.1) is 12.5 Å². The van der Waals surface area contributed by atoms with Crippen molar-refractivity contribution in [1.82, 2.24) is 0 Å². The molecule has 2 bridgehead atoms. The second-order valence-corrected chi connectivity index (χ2v) is 9.08. The SMILES string of the molecule is CC(C)COC(=O)C1CC2(O)c3ccccc3C1(O)c1ccc(Oc3ccccc3)cc12. The van der Waals surface area contributed by atoms with Crippen molar-refractivity contribution in [3.8, 4) is 11.5 Å². The summed E-state index contributed by atoms with van der Waals surface area (Å²) >= 11 is 0. The first-order valence-corrected chi connectivity index (χ1v) is 10.9. The first-order chi connectivity index (χ1) is 15.3. The van der Waals surface area contributed by atoms with Gasteiger partial charge in [-0.25, -0.2) is 0 Å². The second-order valence-electron chi connectivity index (χ2n) is 9.08. The van der Waals surface area contributed by atoms with Crippen molar-refractivity contribution in [2.24, 2.45) is 11.8 Å². The maximum absolute atomic E-state index is 13.0. The molecule has 32 heavy (non-hydrogen) atoms. The van der Waals surface area contributed by atoms with Crippen molar-refractivity contribution >= 4 is 5.97 Å². The average Bonchev–Trinajstić information content (AvgIpc) is 2.80. The molecule has 3 aromatic carbocycles. The fraction of sp³-hybridized carbons (Fsp3) is 0.296. The van der Waals surface area contributed by atoms with E-state index in [0.29, 0.717) is 33.8 Å². The summed E-state index contributed by atoms with van der Waals surface area (Å²) in [5.41, 5.74) is -0.801. The Morgan fingerprint density at radius 2 is 1.56 bits per heavy atom. The highest BCUT2D eigenvalue weighted by molar-refractivity contribution is 5.79. The summed E-state index contributed by atoms with van der Waals surface area (Å²) in [5.74, 6) is -0.000689. The lowest BCUT2D eigenvalue weighted by atomic mass is 9.54.